The highest BCUT2D eigenvalue weighted by molar-refractivity contribution is 9.11. The molecule has 0 saturated carbocycles. The Morgan fingerprint density at radius 1 is 1.35 bits per heavy atom. The van der Waals surface area contributed by atoms with Gasteiger partial charge in [0, 0.05) is 5.02 Å². The minimum atomic E-state index is 0.365. The molecule has 2 heterocycles. The Hall–Kier alpha value is -1.30. The largest absolute Gasteiger partial charge is 0.380 e. The van der Waals surface area contributed by atoms with Crippen LogP contribution in [0.25, 0.3) is 21.8 Å². The van der Waals surface area contributed by atoms with E-state index < -0.39 is 0 Å². The van der Waals surface area contributed by atoms with Crippen molar-refractivity contribution in [2.75, 3.05) is 5.73 Å². The number of rotatable bonds is 2. The Kier molecular flexibility index (Phi) is 3.58. The molecule has 0 fully saturated rings. The second-order valence-corrected chi connectivity index (χ2v) is 7.16. The van der Waals surface area contributed by atoms with Crippen molar-refractivity contribution in [1.29, 1.82) is 0 Å². The first kappa shape index (κ1) is 13.7. The lowest BCUT2D eigenvalue weighted by atomic mass is 10.1. The van der Waals surface area contributed by atoms with Crippen LogP contribution in [0.2, 0.25) is 5.02 Å². The highest BCUT2D eigenvalue weighted by atomic mass is 79.9. The molecule has 20 heavy (non-hydrogen) atoms. The van der Waals surface area contributed by atoms with E-state index in [9.17, 15) is 0 Å². The second kappa shape index (κ2) is 5.24. The minimum Gasteiger partial charge on any atom is -0.380 e. The maximum atomic E-state index is 6.05. The van der Waals surface area contributed by atoms with Crippen LogP contribution in [0.1, 0.15) is 5.56 Å². The molecule has 0 spiro atoms. The van der Waals surface area contributed by atoms with Gasteiger partial charge in [-0.3, -0.25) is 0 Å². The fourth-order valence-corrected chi connectivity index (χ4v) is 3.67. The number of aryl methyl sites for hydroxylation is 1. The molecule has 3 nitrogen and oxygen atoms in total. The number of hydrogen-bond donors (Lipinski definition) is 1. The molecule has 0 radical (unpaired) electrons. The molecule has 0 aliphatic carbocycles. The molecule has 3 rings (SSSR count). The monoisotopic (exact) mass is 368 g/mol. The third-order valence-corrected chi connectivity index (χ3v) is 5.28. The van der Waals surface area contributed by atoms with E-state index >= 15 is 0 Å². The summed E-state index contributed by atoms with van der Waals surface area (Å²) in [4.78, 5) is 0.980. The maximum Gasteiger partial charge on any atom is 0.186 e. The van der Waals surface area contributed by atoms with Crippen molar-refractivity contribution in [1.82, 2.24) is 5.16 Å². The summed E-state index contributed by atoms with van der Waals surface area (Å²) in [5.41, 5.74) is 8.78. The lowest BCUT2D eigenvalue weighted by Crippen LogP contribution is -1.88. The van der Waals surface area contributed by atoms with Crippen molar-refractivity contribution in [3.05, 3.63) is 44.7 Å². The topological polar surface area (TPSA) is 52.0 Å². The average molecular weight is 370 g/mol. The molecule has 0 bridgehead atoms. The highest BCUT2D eigenvalue weighted by Crippen LogP contribution is 2.42. The van der Waals surface area contributed by atoms with Crippen LogP contribution in [0, 0.1) is 6.92 Å². The number of aromatic nitrogens is 1. The van der Waals surface area contributed by atoms with Gasteiger partial charge in [0.25, 0.3) is 0 Å². The predicted octanol–water partition coefficient (Wildman–Crippen LogP) is 5.38. The smallest absolute Gasteiger partial charge is 0.186 e. The zero-order valence-electron chi connectivity index (χ0n) is 10.5. The van der Waals surface area contributed by atoms with Gasteiger partial charge in [0.15, 0.2) is 11.6 Å². The molecule has 2 N–H and O–H groups in total. The normalized spacial score (nSPS) is 10.9. The molecule has 102 valence electrons. The SMILES string of the molecule is Cc1cc(-c2onc(N)c2-c2cccc(Cl)c2)sc1Br. The summed E-state index contributed by atoms with van der Waals surface area (Å²) >= 11 is 11.1. The van der Waals surface area contributed by atoms with Gasteiger partial charge in [0.05, 0.1) is 14.2 Å². The number of halogens is 2. The number of thiophene rings is 1. The van der Waals surface area contributed by atoms with Crippen molar-refractivity contribution < 1.29 is 4.52 Å². The van der Waals surface area contributed by atoms with Crippen LogP contribution >= 0.6 is 38.9 Å². The van der Waals surface area contributed by atoms with Crippen molar-refractivity contribution in [3.63, 3.8) is 0 Å². The van der Waals surface area contributed by atoms with E-state index in [1.54, 1.807) is 11.3 Å². The van der Waals surface area contributed by atoms with Crippen molar-refractivity contribution >= 4 is 44.7 Å². The van der Waals surface area contributed by atoms with Gasteiger partial charge in [0.1, 0.15) is 0 Å². The predicted molar refractivity (Wildman–Crippen MR) is 87.1 cm³/mol. The van der Waals surface area contributed by atoms with Gasteiger partial charge in [0.2, 0.25) is 0 Å². The van der Waals surface area contributed by atoms with Crippen LogP contribution in [0.4, 0.5) is 5.82 Å². The molecule has 0 amide bonds. The van der Waals surface area contributed by atoms with Gasteiger partial charge < -0.3 is 10.3 Å². The summed E-state index contributed by atoms with van der Waals surface area (Å²) in [6.07, 6.45) is 0. The third-order valence-electron chi connectivity index (χ3n) is 2.91. The van der Waals surface area contributed by atoms with E-state index in [1.165, 1.54) is 0 Å². The van der Waals surface area contributed by atoms with E-state index in [2.05, 4.69) is 21.1 Å². The molecule has 0 unspecified atom stereocenters. The second-order valence-electron chi connectivity index (χ2n) is 4.35. The summed E-state index contributed by atoms with van der Waals surface area (Å²) in [5.74, 6) is 1.04. The minimum absolute atomic E-state index is 0.365. The fourth-order valence-electron chi connectivity index (χ4n) is 1.97. The van der Waals surface area contributed by atoms with E-state index in [-0.39, 0.29) is 0 Å². The maximum absolute atomic E-state index is 6.05. The first-order valence-electron chi connectivity index (χ1n) is 5.83. The molecule has 1 aromatic carbocycles. The van der Waals surface area contributed by atoms with Crippen LogP contribution in [0.15, 0.2) is 38.6 Å². The standard InChI is InChI=1S/C14H10BrClN2OS/c1-7-5-10(20-13(7)15)12-11(14(17)18-19-12)8-3-2-4-9(16)6-8/h2-6H,1H3,(H2,17,18). The van der Waals surface area contributed by atoms with E-state index in [4.69, 9.17) is 21.9 Å². The Labute approximate surface area is 133 Å². The molecule has 6 heteroatoms. The molecule has 3 aromatic rings. The number of nitrogens with zero attached hydrogens (tertiary/aromatic N) is 1. The molecule has 0 aliphatic rings. The summed E-state index contributed by atoms with van der Waals surface area (Å²) in [6.45, 7) is 2.03. The third kappa shape index (κ3) is 2.37. The molecular formula is C14H10BrClN2OS. The van der Waals surface area contributed by atoms with Crippen LogP contribution in [-0.2, 0) is 0 Å². The first-order chi connectivity index (χ1) is 9.56. The van der Waals surface area contributed by atoms with Crippen LogP contribution < -0.4 is 5.73 Å². The van der Waals surface area contributed by atoms with Crippen molar-refractivity contribution in [3.8, 4) is 21.8 Å². The lowest BCUT2D eigenvalue weighted by molar-refractivity contribution is 0.437. The van der Waals surface area contributed by atoms with Gasteiger partial charge in [-0.05, 0) is 52.2 Å². The van der Waals surface area contributed by atoms with Gasteiger partial charge in [-0.1, -0.05) is 28.9 Å². The Bertz CT molecular complexity index is 762. The summed E-state index contributed by atoms with van der Waals surface area (Å²) in [7, 11) is 0. The molecular weight excluding hydrogens is 360 g/mol. The number of nitrogens with two attached hydrogens (primary N) is 1. The van der Waals surface area contributed by atoms with Crippen molar-refractivity contribution in [2.24, 2.45) is 0 Å². The lowest BCUT2D eigenvalue weighted by Gasteiger charge is -2.01. The van der Waals surface area contributed by atoms with Gasteiger partial charge in [-0.25, -0.2) is 0 Å². The molecule has 2 aromatic heterocycles. The Morgan fingerprint density at radius 3 is 2.80 bits per heavy atom. The Balaban J connectivity index is 2.19. The van der Waals surface area contributed by atoms with Crippen LogP contribution in [-0.4, -0.2) is 5.16 Å². The number of anilines is 1. The number of nitrogen functional groups attached to an aromatic ring is 1. The first-order valence-corrected chi connectivity index (χ1v) is 7.82. The number of benzene rings is 1. The molecule has 0 aliphatic heterocycles. The zero-order valence-corrected chi connectivity index (χ0v) is 13.6. The average Bonchev–Trinajstić information content (AvgIpc) is 2.93. The Morgan fingerprint density at radius 2 is 2.15 bits per heavy atom. The van der Waals surface area contributed by atoms with Crippen LogP contribution in [0.5, 0.6) is 0 Å². The summed E-state index contributed by atoms with van der Waals surface area (Å²) in [5, 5.41) is 4.54. The van der Waals surface area contributed by atoms with Gasteiger partial charge in [-0.2, -0.15) is 0 Å². The fraction of sp³-hybridized carbons (Fsp3) is 0.0714. The van der Waals surface area contributed by atoms with E-state index in [1.807, 2.05) is 37.3 Å². The van der Waals surface area contributed by atoms with Crippen LogP contribution in [0.3, 0.4) is 0 Å². The van der Waals surface area contributed by atoms with Gasteiger partial charge in [-0.15, -0.1) is 11.3 Å². The van der Waals surface area contributed by atoms with E-state index in [0.717, 1.165) is 25.4 Å². The molecule has 0 saturated heterocycles. The van der Waals surface area contributed by atoms with E-state index in [0.29, 0.717) is 16.6 Å². The zero-order chi connectivity index (χ0) is 14.3. The highest BCUT2D eigenvalue weighted by Gasteiger charge is 2.20. The number of hydrogen-bond acceptors (Lipinski definition) is 4. The summed E-state index contributed by atoms with van der Waals surface area (Å²) in [6, 6.07) is 9.53. The van der Waals surface area contributed by atoms with Crippen molar-refractivity contribution in [2.45, 2.75) is 6.92 Å². The van der Waals surface area contributed by atoms with Gasteiger partial charge >= 0.3 is 0 Å². The molecule has 0 atom stereocenters. The summed E-state index contributed by atoms with van der Waals surface area (Å²) < 4.78 is 6.48. The quantitative estimate of drug-likeness (QED) is 0.660.